The van der Waals surface area contributed by atoms with Crippen LogP contribution in [-0.2, 0) is 127 Å². The van der Waals surface area contributed by atoms with Gasteiger partial charge in [-0.1, -0.05) is 0 Å². The molecule has 3 unspecified atom stereocenters. The standard InChI is InChI=1S/C9H12O6.3C2H4O2.3Y/c10-7(11)4-1-2-5(8(12)13)6(3-4)9(14)15;3*1-2(3)4;;;/h4-6H,1-3H2,(H,10,11)(H,12,13)(H,14,15);3*1H3,(H,3,4);;;. The molecule has 1 saturated carbocycles. The molecule has 0 bridgehead atoms. The van der Waals surface area contributed by atoms with Gasteiger partial charge in [0.1, 0.15) is 0 Å². The van der Waals surface area contributed by atoms with Gasteiger partial charge in [-0.25, -0.2) is 0 Å². The Morgan fingerprint density at radius 2 is 0.800 bits per heavy atom. The first-order valence-electron chi connectivity index (χ1n) is 7.40. The van der Waals surface area contributed by atoms with E-state index in [-0.39, 0.29) is 117 Å². The van der Waals surface area contributed by atoms with E-state index in [0.717, 1.165) is 20.8 Å². The molecule has 12 nitrogen and oxygen atoms in total. The van der Waals surface area contributed by atoms with Crippen molar-refractivity contribution in [2.45, 2.75) is 40.0 Å². The van der Waals surface area contributed by atoms with E-state index in [1.807, 2.05) is 0 Å². The third kappa shape index (κ3) is 32.8. The Hall–Kier alpha value is 0.132. The first kappa shape index (κ1) is 43.9. The number of carboxylic acid groups (broad SMARTS) is 6. The van der Waals surface area contributed by atoms with Gasteiger partial charge in [0.05, 0.1) is 17.8 Å². The molecule has 3 atom stereocenters. The van der Waals surface area contributed by atoms with Crippen molar-refractivity contribution in [3.63, 3.8) is 0 Å². The minimum atomic E-state index is -1.23. The largest absolute Gasteiger partial charge is 0.481 e. The molecule has 0 aliphatic heterocycles. The predicted molar refractivity (Wildman–Crippen MR) is 87.2 cm³/mol. The number of aliphatic carboxylic acids is 6. The predicted octanol–water partition coefficient (Wildman–Crippen LogP) is 0.538. The molecule has 165 valence electrons. The molecule has 0 amide bonds. The monoisotopic (exact) mass is 663 g/mol. The molecule has 1 aliphatic rings. The van der Waals surface area contributed by atoms with E-state index in [4.69, 9.17) is 45.0 Å². The van der Waals surface area contributed by atoms with E-state index in [0.29, 0.717) is 0 Å². The molecule has 0 aromatic heterocycles. The van der Waals surface area contributed by atoms with E-state index in [1.165, 1.54) is 0 Å². The molecule has 1 fully saturated rings. The molecular formula is C15H24O12Y3. The van der Waals surface area contributed by atoms with Gasteiger partial charge in [0.25, 0.3) is 17.9 Å². The zero-order chi connectivity index (χ0) is 22.3. The van der Waals surface area contributed by atoms with Crippen LogP contribution < -0.4 is 0 Å². The van der Waals surface area contributed by atoms with Gasteiger partial charge in [-0.2, -0.15) is 0 Å². The summed E-state index contributed by atoms with van der Waals surface area (Å²) in [6.45, 7) is 3.25. The number of hydrogen-bond donors (Lipinski definition) is 6. The Kier molecular flexibility index (Phi) is 37.2. The summed E-state index contributed by atoms with van der Waals surface area (Å²) in [7, 11) is 0. The zero-order valence-electron chi connectivity index (χ0n) is 16.7. The molecule has 0 aromatic carbocycles. The Labute approximate surface area is 248 Å². The second-order valence-corrected chi connectivity index (χ2v) is 5.29. The molecule has 30 heavy (non-hydrogen) atoms. The van der Waals surface area contributed by atoms with Crippen molar-refractivity contribution < 1.29 is 158 Å². The second kappa shape index (κ2) is 25.4. The Morgan fingerprint density at radius 3 is 1.00 bits per heavy atom. The quantitative estimate of drug-likeness (QED) is 0.244. The molecule has 0 saturated heterocycles. The van der Waals surface area contributed by atoms with Crippen molar-refractivity contribution in [1.29, 1.82) is 0 Å². The van der Waals surface area contributed by atoms with E-state index in [2.05, 4.69) is 0 Å². The average Bonchev–Trinajstić information content (AvgIpc) is 2.44. The second-order valence-electron chi connectivity index (χ2n) is 5.29. The van der Waals surface area contributed by atoms with Gasteiger partial charge in [-0.3, -0.25) is 28.8 Å². The van der Waals surface area contributed by atoms with Crippen LogP contribution in [0.1, 0.15) is 40.0 Å². The van der Waals surface area contributed by atoms with E-state index >= 15 is 0 Å². The molecule has 15 heteroatoms. The van der Waals surface area contributed by atoms with Crippen LogP contribution in [0, 0.1) is 17.8 Å². The molecule has 1 rings (SSSR count). The van der Waals surface area contributed by atoms with Gasteiger partial charge in [0.2, 0.25) is 0 Å². The molecule has 0 spiro atoms. The van der Waals surface area contributed by atoms with Gasteiger partial charge in [0, 0.05) is 119 Å². The summed E-state index contributed by atoms with van der Waals surface area (Å²) >= 11 is 0. The Morgan fingerprint density at radius 1 is 0.533 bits per heavy atom. The van der Waals surface area contributed by atoms with E-state index in [1.54, 1.807) is 0 Å². The van der Waals surface area contributed by atoms with Gasteiger partial charge >= 0.3 is 17.9 Å². The maximum Gasteiger partial charge on any atom is 0.307 e. The average molecular weight is 663 g/mol. The molecule has 6 N–H and O–H groups in total. The first-order chi connectivity index (χ1) is 12.1. The maximum atomic E-state index is 10.8. The number of carboxylic acids is 6. The van der Waals surface area contributed by atoms with Crippen LogP contribution in [-0.4, -0.2) is 66.5 Å². The van der Waals surface area contributed by atoms with Crippen LogP contribution in [0.5, 0.6) is 0 Å². The summed E-state index contributed by atoms with van der Waals surface area (Å²) in [6.07, 6.45) is 0.251. The SMILES string of the molecule is CC(=O)O.CC(=O)O.CC(=O)O.O=C(O)C1CCC(C(=O)O)C(C(=O)O)C1.[Y].[Y].[Y]. The number of rotatable bonds is 3. The summed E-state index contributed by atoms with van der Waals surface area (Å²) in [5.74, 6) is -8.72. The maximum absolute atomic E-state index is 10.8. The van der Waals surface area contributed by atoms with Crippen LogP contribution in [0.3, 0.4) is 0 Å². The van der Waals surface area contributed by atoms with Crippen molar-refractivity contribution in [1.82, 2.24) is 0 Å². The summed E-state index contributed by atoms with van der Waals surface area (Å²) < 4.78 is 0. The minimum Gasteiger partial charge on any atom is -0.481 e. The summed E-state index contributed by atoms with van der Waals surface area (Å²) in [5, 5.41) is 48.5. The van der Waals surface area contributed by atoms with Crippen LogP contribution in [0.15, 0.2) is 0 Å². The molecule has 1 aliphatic carbocycles. The number of hydrogen-bond acceptors (Lipinski definition) is 6. The van der Waals surface area contributed by atoms with Crippen LogP contribution in [0.25, 0.3) is 0 Å². The van der Waals surface area contributed by atoms with Crippen molar-refractivity contribution in [2.75, 3.05) is 0 Å². The van der Waals surface area contributed by atoms with Gasteiger partial charge < -0.3 is 30.6 Å². The summed E-state index contributed by atoms with van der Waals surface area (Å²) in [6, 6.07) is 0. The fourth-order valence-electron chi connectivity index (χ4n) is 1.96. The molecule has 3 radical (unpaired) electrons. The Balaban J connectivity index is -0.0000000808. The first-order valence-corrected chi connectivity index (χ1v) is 7.40. The van der Waals surface area contributed by atoms with Gasteiger partial charge in [-0.05, 0) is 19.3 Å². The fourth-order valence-corrected chi connectivity index (χ4v) is 1.96. The smallest absolute Gasteiger partial charge is 0.307 e. The van der Waals surface area contributed by atoms with Crippen LogP contribution >= 0.6 is 0 Å². The van der Waals surface area contributed by atoms with Gasteiger partial charge in [-0.15, -0.1) is 0 Å². The zero-order valence-corrected chi connectivity index (χ0v) is 25.2. The molecule has 0 aromatic rings. The van der Waals surface area contributed by atoms with Crippen LogP contribution in [0.4, 0.5) is 0 Å². The fraction of sp³-hybridized carbons (Fsp3) is 0.600. The van der Waals surface area contributed by atoms with Crippen molar-refractivity contribution >= 4 is 35.8 Å². The summed E-state index contributed by atoms with van der Waals surface area (Å²) in [5.41, 5.74) is 0. The van der Waals surface area contributed by atoms with Crippen molar-refractivity contribution in [2.24, 2.45) is 17.8 Å². The van der Waals surface area contributed by atoms with E-state index < -0.39 is 53.6 Å². The minimum absolute atomic E-state index is 0. The third-order valence-corrected chi connectivity index (χ3v) is 2.83. The number of carbonyl (C=O) groups is 6. The van der Waals surface area contributed by atoms with Gasteiger partial charge in [0.15, 0.2) is 0 Å². The Bertz CT molecular complexity index is 512. The van der Waals surface area contributed by atoms with Crippen molar-refractivity contribution in [3.05, 3.63) is 0 Å². The topological polar surface area (TPSA) is 224 Å². The van der Waals surface area contributed by atoms with E-state index in [9.17, 15) is 14.4 Å². The van der Waals surface area contributed by atoms with Crippen molar-refractivity contribution in [3.8, 4) is 0 Å². The molecule has 0 heterocycles. The van der Waals surface area contributed by atoms with Crippen LogP contribution in [0.2, 0.25) is 0 Å². The summed E-state index contributed by atoms with van der Waals surface area (Å²) in [4.78, 5) is 59.2. The normalized spacial score (nSPS) is 17.9. The third-order valence-electron chi connectivity index (χ3n) is 2.83. The molecular weight excluding hydrogens is 639 g/mol.